The fourth-order valence-electron chi connectivity index (χ4n) is 2.82. The average molecular weight is 390 g/mol. The van der Waals surface area contributed by atoms with Crippen LogP contribution in [0.5, 0.6) is 11.5 Å². The number of amides is 1. The number of carbonyl (C=O) groups is 1. The molecule has 1 aliphatic rings. The number of ether oxygens (including phenoxy) is 2. The third-order valence-electron chi connectivity index (χ3n) is 4.47. The first-order valence-corrected chi connectivity index (χ1v) is 10.0. The molecule has 27 heavy (non-hydrogen) atoms. The summed E-state index contributed by atoms with van der Waals surface area (Å²) in [7, 11) is -2.35. The number of hydrogen-bond acceptors (Lipinski definition) is 5. The van der Waals surface area contributed by atoms with E-state index in [-0.39, 0.29) is 29.5 Å². The smallest absolute Gasteiger partial charge is 0.265 e. The molecule has 0 radical (unpaired) electrons. The lowest BCUT2D eigenvalue weighted by molar-refractivity contribution is -0.123. The van der Waals surface area contributed by atoms with E-state index in [2.05, 4.69) is 10.0 Å². The molecule has 144 valence electrons. The molecule has 2 N–H and O–H groups in total. The van der Waals surface area contributed by atoms with Gasteiger partial charge in [0.1, 0.15) is 16.4 Å². The van der Waals surface area contributed by atoms with Gasteiger partial charge in [-0.3, -0.25) is 4.79 Å². The lowest BCUT2D eigenvalue weighted by Crippen LogP contribution is -2.39. The molecule has 7 nitrogen and oxygen atoms in total. The van der Waals surface area contributed by atoms with Crippen LogP contribution in [-0.2, 0) is 14.8 Å². The summed E-state index contributed by atoms with van der Waals surface area (Å²) in [5.74, 6) is 0.559. The van der Waals surface area contributed by atoms with Gasteiger partial charge in [-0.25, -0.2) is 13.1 Å². The minimum absolute atomic E-state index is 0.0542. The van der Waals surface area contributed by atoms with Gasteiger partial charge >= 0.3 is 0 Å². The number of fused-ring (bicyclic) bond motifs is 1. The SMILES string of the molecule is COc1cc(C)c(C)cc1S(=O)(=O)NCCC1Oc2ccccc2NC1=O. The van der Waals surface area contributed by atoms with Crippen molar-refractivity contribution in [2.45, 2.75) is 31.3 Å². The second-order valence-corrected chi connectivity index (χ2v) is 8.10. The molecule has 0 saturated carbocycles. The van der Waals surface area contributed by atoms with Gasteiger partial charge in [0.25, 0.3) is 5.91 Å². The van der Waals surface area contributed by atoms with E-state index in [1.54, 1.807) is 30.3 Å². The van der Waals surface area contributed by atoms with E-state index in [1.165, 1.54) is 7.11 Å². The van der Waals surface area contributed by atoms with Gasteiger partial charge in [-0.05, 0) is 49.2 Å². The highest BCUT2D eigenvalue weighted by molar-refractivity contribution is 7.89. The van der Waals surface area contributed by atoms with Crippen LogP contribution in [-0.4, -0.2) is 34.1 Å². The van der Waals surface area contributed by atoms with E-state index in [0.717, 1.165) is 11.1 Å². The summed E-state index contributed by atoms with van der Waals surface area (Å²) in [6, 6.07) is 10.4. The third kappa shape index (κ3) is 4.06. The normalized spacial score (nSPS) is 16.3. The van der Waals surface area contributed by atoms with Crippen LogP contribution in [0, 0.1) is 13.8 Å². The summed E-state index contributed by atoms with van der Waals surface area (Å²) in [5, 5.41) is 2.76. The zero-order valence-corrected chi connectivity index (χ0v) is 16.2. The molecule has 3 rings (SSSR count). The fraction of sp³-hybridized carbons (Fsp3) is 0.316. The summed E-state index contributed by atoms with van der Waals surface area (Å²) in [6.45, 7) is 3.78. The Labute approximate surface area is 158 Å². The maximum Gasteiger partial charge on any atom is 0.265 e. The van der Waals surface area contributed by atoms with Crippen molar-refractivity contribution in [3.63, 3.8) is 0 Å². The zero-order chi connectivity index (χ0) is 19.6. The van der Waals surface area contributed by atoms with Gasteiger partial charge in [0.2, 0.25) is 10.0 Å². The van der Waals surface area contributed by atoms with Crippen LogP contribution < -0.4 is 19.5 Å². The lowest BCUT2D eigenvalue weighted by Gasteiger charge is -2.25. The Balaban J connectivity index is 1.68. The van der Waals surface area contributed by atoms with Gasteiger partial charge in [-0.2, -0.15) is 0 Å². The number of para-hydroxylation sites is 2. The minimum Gasteiger partial charge on any atom is -0.495 e. The predicted octanol–water partition coefficient (Wildman–Crippen LogP) is 2.38. The number of nitrogens with one attached hydrogen (secondary N) is 2. The third-order valence-corrected chi connectivity index (χ3v) is 5.96. The summed E-state index contributed by atoms with van der Waals surface area (Å²) >= 11 is 0. The van der Waals surface area contributed by atoms with Gasteiger partial charge in [-0.1, -0.05) is 12.1 Å². The molecule has 0 spiro atoms. The first-order valence-electron chi connectivity index (χ1n) is 8.53. The minimum atomic E-state index is -3.78. The largest absolute Gasteiger partial charge is 0.495 e. The van der Waals surface area contributed by atoms with Crippen LogP contribution in [0.1, 0.15) is 17.5 Å². The van der Waals surface area contributed by atoms with Crippen LogP contribution in [0.15, 0.2) is 41.3 Å². The first-order chi connectivity index (χ1) is 12.8. The molecule has 0 saturated heterocycles. The van der Waals surface area contributed by atoms with Crippen molar-refractivity contribution in [1.82, 2.24) is 4.72 Å². The lowest BCUT2D eigenvalue weighted by atomic mass is 10.1. The van der Waals surface area contributed by atoms with Crippen LogP contribution >= 0.6 is 0 Å². The van der Waals surface area contributed by atoms with Crippen molar-refractivity contribution in [3.05, 3.63) is 47.5 Å². The molecule has 2 aromatic carbocycles. The van der Waals surface area contributed by atoms with Gasteiger partial charge < -0.3 is 14.8 Å². The molecular weight excluding hydrogens is 368 g/mol. The second kappa shape index (κ2) is 7.58. The summed E-state index contributed by atoms with van der Waals surface area (Å²) in [5.41, 5.74) is 2.40. The van der Waals surface area contributed by atoms with Crippen molar-refractivity contribution in [2.75, 3.05) is 19.0 Å². The standard InChI is InChI=1S/C19H22N2O5S/c1-12-10-17(25-3)18(11-13(12)2)27(23,24)20-9-8-16-19(22)21-14-6-4-5-7-15(14)26-16/h4-7,10-11,16,20H,8-9H2,1-3H3,(H,21,22). The Morgan fingerprint density at radius 2 is 1.89 bits per heavy atom. The quantitative estimate of drug-likeness (QED) is 0.790. The van der Waals surface area contributed by atoms with Crippen molar-refractivity contribution in [3.8, 4) is 11.5 Å². The van der Waals surface area contributed by atoms with E-state index in [1.807, 2.05) is 19.9 Å². The first kappa shape index (κ1) is 19.2. The molecule has 2 aromatic rings. The Morgan fingerprint density at radius 1 is 1.19 bits per heavy atom. The number of carbonyl (C=O) groups excluding carboxylic acids is 1. The molecule has 1 amide bonds. The molecule has 0 aromatic heterocycles. The van der Waals surface area contributed by atoms with Crippen LogP contribution in [0.3, 0.4) is 0 Å². The van der Waals surface area contributed by atoms with Gasteiger partial charge in [0, 0.05) is 13.0 Å². The van der Waals surface area contributed by atoms with E-state index < -0.39 is 16.1 Å². The summed E-state index contributed by atoms with van der Waals surface area (Å²) in [6.07, 6.45) is -0.559. The van der Waals surface area contributed by atoms with Crippen molar-refractivity contribution in [1.29, 1.82) is 0 Å². The monoisotopic (exact) mass is 390 g/mol. The maximum absolute atomic E-state index is 12.7. The molecular formula is C19H22N2O5S. The van der Waals surface area contributed by atoms with Crippen LogP contribution in [0.2, 0.25) is 0 Å². The summed E-state index contributed by atoms with van der Waals surface area (Å²) < 4.78 is 38.7. The highest BCUT2D eigenvalue weighted by Crippen LogP contribution is 2.30. The number of rotatable bonds is 6. The zero-order valence-electron chi connectivity index (χ0n) is 15.4. The van der Waals surface area contributed by atoms with Crippen LogP contribution in [0.25, 0.3) is 0 Å². The average Bonchev–Trinajstić information content (AvgIpc) is 2.63. The van der Waals surface area contributed by atoms with Gasteiger partial charge in [-0.15, -0.1) is 0 Å². The Hall–Kier alpha value is -2.58. The number of aryl methyl sites for hydroxylation is 2. The molecule has 1 aliphatic heterocycles. The predicted molar refractivity (Wildman–Crippen MR) is 102 cm³/mol. The van der Waals surface area contributed by atoms with E-state index in [4.69, 9.17) is 9.47 Å². The number of sulfonamides is 1. The number of hydrogen-bond donors (Lipinski definition) is 2. The molecule has 8 heteroatoms. The maximum atomic E-state index is 12.7. The number of methoxy groups -OCH3 is 1. The van der Waals surface area contributed by atoms with Gasteiger partial charge in [0.05, 0.1) is 12.8 Å². The molecule has 1 heterocycles. The molecule has 0 aliphatic carbocycles. The van der Waals surface area contributed by atoms with E-state index in [0.29, 0.717) is 11.4 Å². The highest BCUT2D eigenvalue weighted by atomic mass is 32.2. The fourth-order valence-corrected chi connectivity index (χ4v) is 4.10. The van der Waals surface area contributed by atoms with E-state index in [9.17, 15) is 13.2 Å². The molecule has 0 bridgehead atoms. The van der Waals surface area contributed by atoms with Gasteiger partial charge in [0.15, 0.2) is 6.10 Å². The van der Waals surface area contributed by atoms with Crippen molar-refractivity contribution in [2.24, 2.45) is 0 Å². The number of benzene rings is 2. The van der Waals surface area contributed by atoms with E-state index >= 15 is 0 Å². The molecule has 1 unspecified atom stereocenters. The van der Waals surface area contributed by atoms with Crippen molar-refractivity contribution < 1.29 is 22.7 Å². The molecule has 1 atom stereocenters. The van der Waals surface area contributed by atoms with Crippen LogP contribution in [0.4, 0.5) is 5.69 Å². The Bertz CT molecular complexity index is 972. The second-order valence-electron chi connectivity index (χ2n) is 6.37. The Kier molecular flexibility index (Phi) is 5.38. The summed E-state index contributed by atoms with van der Waals surface area (Å²) in [4.78, 5) is 12.2. The number of anilines is 1. The molecule has 0 fully saturated rings. The topological polar surface area (TPSA) is 93.7 Å². The van der Waals surface area contributed by atoms with Crippen molar-refractivity contribution >= 4 is 21.6 Å². The highest BCUT2D eigenvalue weighted by Gasteiger charge is 2.28. The Morgan fingerprint density at radius 3 is 2.63 bits per heavy atom.